The molecule has 0 aliphatic heterocycles. The lowest BCUT2D eigenvalue weighted by molar-refractivity contribution is -0.116. The van der Waals surface area contributed by atoms with E-state index in [1.54, 1.807) is 27.1 Å². The summed E-state index contributed by atoms with van der Waals surface area (Å²) < 4.78 is 1.79. The number of para-hydroxylation sites is 1. The minimum Gasteiger partial charge on any atom is -0.329 e. The van der Waals surface area contributed by atoms with Gasteiger partial charge in [-0.15, -0.1) is 11.3 Å². The highest BCUT2D eigenvalue weighted by atomic mass is 32.1. The number of aromatic nitrogens is 3. The Morgan fingerprint density at radius 2 is 1.97 bits per heavy atom. The normalized spacial score (nSPS) is 11.0. The van der Waals surface area contributed by atoms with E-state index in [9.17, 15) is 9.59 Å². The molecule has 0 bridgehead atoms. The summed E-state index contributed by atoms with van der Waals surface area (Å²) in [6.07, 6.45) is 2.43. The zero-order valence-corrected chi connectivity index (χ0v) is 19.9. The summed E-state index contributed by atoms with van der Waals surface area (Å²) in [6, 6.07) is 13.4. The fourth-order valence-corrected chi connectivity index (χ4v) is 4.46. The Kier molecular flexibility index (Phi) is 6.84. The third-order valence-electron chi connectivity index (χ3n) is 5.45. The second-order valence-electron chi connectivity index (χ2n) is 7.82. The molecule has 0 saturated carbocycles. The molecular formula is C25H27N5O2S. The van der Waals surface area contributed by atoms with Crippen molar-refractivity contribution in [2.45, 2.75) is 33.7 Å². The summed E-state index contributed by atoms with van der Waals surface area (Å²) in [5.74, 6) is -0.420. The molecule has 2 amide bonds. The summed E-state index contributed by atoms with van der Waals surface area (Å²) in [7, 11) is 0. The summed E-state index contributed by atoms with van der Waals surface area (Å²) in [6.45, 7) is 7.02. The molecular weight excluding hydrogens is 434 g/mol. The van der Waals surface area contributed by atoms with Crippen LogP contribution in [0.3, 0.4) is 0 Å². The van der Waals surface area contributed by atoms with Crippen molar-refractivity contribution in [3.8, 4) is 10.6 Å². The quantitative estimate of drug-likeness (QED) is 0.401. The second-order valence-corrected chi connectivity index (χ2v) is 8.77. The van der Waals surface area contributed by atoms with E-state index in [4.69, 9.17) is 4.98 Å². The molecule has 7 nitrogen and oxygen atoms in total. The van der Waals surface area contributed by atoms with Crippen LogP contribution < -0.4 is 5.32 Å². The largest absolute Gasteiger partial charge is 0.329 e. The Balaban J connectivity index is 1.67. The molecule has 0 radical (unpaired) electrons. The van der Waals surface area contributed by atoms with E-state index in [0.29, 0.717) is 29.7 Å². The molecule has 1 N–H and O–H groups in total. The number of fused-ring (bicyclic) bond motifs is 1. The minimum absolute atomic E-state index is 0.0267. The fraction of sp³-hybridized carbons (Fsp3) is 0.280. The monoisotopic (exact) mass is 461 g/mol. The summed E-state index contributed by atoms with van der Waals surface area (Å²) in [5.41, 5.74) is 3.65. The van der Waals surface area contributed by atoms with Crippen LogP contribution in [0.1, 0.15) is 36.2 Å². The van der Waals surface area contributed by atoms with Gasteiger partial charge in [-0.3, -0.25) is 9.59 Å². The number of anilines is 1. The highest BCUT2D eigenvalue weighted by Crippen LogP contribution is 2.28. The van der Waals surface area contributed by atoms with E-state index in [-0.39, 0.29) is 18.4 Å². The van der Waals surface area contributed by atoms with E-state index in [0.717, 1.165) is 28.2 Å². The van der Waals surface area contributed by atoms with Gasteiger partial charge >= 0.3 is 0 Å². The van der Waals surface area contributed by atoms with Crippen molar-refractivity contribution < 1.29 is 9.59 Å². The molecule has 0 saturated heterocycles. The van der Waals surface area contributed by atoms with Gasteiger partial charge in [-0.05, 0) is 49.4 Å². The fourth-order valence-electron chi connectivity index (χ4n) is 3.78. The van der Waals surface area contributed by atoms with Crippen LogP contribution in [0.2, 0.25) is 0 Å². The predicted molar refractivity (Wildman–Crippen MR) is 133 cm³/mol. The van der Waals surface area contributed by atoms with Gasteiger partial charge in [0.15, 0.2) is 5.65 Å². The van der Waals surface area contributed by atoms with E-state index < -0.39 is 0 Å². The number of thiophene rings is 1. The first kappa shape index (κ1) is 22.7. The number of hydrogen-bond donors (Lipinski definition) is 1. The van der Waals surface area contributed by atoms with Crippen molar-refractivity contribution in [3.05, 3.63) is 65.2 Å². The van der Waals surface area contributed by atoms with Crippen molar-refractivity contribution in [2.75, 3.05) is 18.4 Å². The number of carbonyl (C=O) groups excluding carboxylic acids is 2. The van der Waals surface area contributed by atoms with Gasteiger partial charge in [-0.2, -0.15) is 5.10 Å². The van der Waals surface area contributed by atoms with E-state index >= 15 is 0 Å². The Morgan fingerprint density at radius 1 is 1.15 bits per heavy atom. The Bertz CT molecular complexity index is 1280. The van der Waals surface area contributed by atoms with Crippen LogP contribution in [0, 0.1) is 6.92 Å². The number of pyridine rings is 1. The van der Waals surface area contributed by atoms with Crippen LogP contribution in [0.4, 0.5) is 5.69 Å². The van der Waals surface area contributed by atoms with Gasteiger partial charge in [-0.25, -0.2) is 9.67 Å². The molecule has 4 aromatic rings. The Labute approximate surface area is 197 Å². The maximum absolute atomic E-state index is 13.7. The van der Waals surface area contributed by atoms with E-state index in [2.05, 4.69) is 10.4 Å². The van der Waals surface area contributed by atoms with Crippen LogP contribution >= 0.6 is 11.3 Å². The molecule has 1 aromatic carbocycles. The van der Waals surface area contributed by atoms with Crippen molar-refractivity contribution in [1.29, 1.82) is 0 Å². The number of carbonyl (C=O) groups is 2. The molecule has 4 rings (SSSR count). The van der Waals surface area contributed by atoms with Crippen LogP contribution in [0.15, 0.2) is 54.0 Å². The second kappa shape index (κ2) is 9.95. The highest BCUT2D eigenvalue weighted by Gasteiger charge is 2.23. The first-order valence-electron chi connectivity index (χ1n) is 11.1. The Morgan fingerprint density at radius 3 is 2.67 bits per heavy atom. The SMILES string of the molecule is CCCN(CC(=O)Nc1ccccc1C)C(=O)c1cc(-c2cccs2)nc2c1cnn2CC. The van der Waals surface area contributed by atoms with Gasteiger partial charge < -0.3 is 10.2 Å². The summed E-state index contributed by atoms with van der Waals surface area (Å²) in [4.78, 5) is 33.9. The maximum atomic E-state index is 13.7. The molecule has 0 fully saturated rings. The first-order valence-corrected chi connectivity index (χ1v) is 11.9. The van der Waals surface area contributed by atoms with Crippen LogP contribution in [-0.2, 0) is 11.3 Å². The molecule has 170 valence electrons. The van der Waals surface area contributed by atoms with E-state index in [1.807, 2.05) is 68.6 Å². The van der Waals surface area contributed by atoms with Gasteiger partial charge in [0.2, 0.25) is 5.91 Å². The zero-order chi connectivity index (χ0) is 23.4. The number of nitrogens with zero attached hydrogens (tertiary/aromatic N) is 4. The summed E-state index contributed by atoms with van der Waals surface area (Å²) in [5, 5.41) is 10.0. The number of amides is 2. The first-order chi connectivity index (χ1) is 16.0. The van der Waals surface area contributed by atoms with Gasteiger partial charge in [0, 0.05) is 18.8 Å². The molecule has 0 aliphatic carbocycles. The van der Waals surface area contributed by atoms with Crippen LogP contribution in [-0.4, -0.2) is 44.6 Å². The van der Waals surface area contributed by atoms with Gasteiger partial charge in [-0.1, -0.05) is 31.2 Å². The molecule has 0 spiro atoms. The highest BCUT2D eigenvalue weighted by molar-refractivity contribution is 7.13. The Hall–Kier alpha value is -3.52. The number of nitrogens with one attached hydrogen (secondary N) is 1. The molecule has 33 heavy (non-hydrogen) atoms. The van der Waals surface area contributed by atoms with Crippen molar-refractivity contribution in [1.82, 2.24) is 19.7 Å². The zero-order valence-electron chi connectivity index (χ0n) is 19.0. The number of rotatable bonds is 8. The average Bonchev–Trinajstić information content (AvgIpc) is 3.49. The lowest BCUT2D eigenvalue weighted by atomic mass is 10.1. The van der Waals surface area contributed by atoms with Crippen LogP contribution in [0.5, 0.6) is 0 Å². The third-order valence-corrected chi connectivity index (χ3v) is 6.34. The molecule has 0 aliphatic rings. The molecule has 0 atom stereocenters. The molecule has 8 heteroatoms. The van der Waals surface area contributed by atoms with Crippen molar-refractivity contribution in [3.63, 3.8) is 0 Å². The van der Waals surface area contributed by atoms with Gasteiger partial charge in [0.25, 0.3) is 5.91 Å². The minimum atomic E-state index is -0.223. The lowest BCUT2D eigenvalue weighted by Crippen LogP contribution is -2.38. The smallest absolute Gasteiger partial charge is 0.255 e. The number of benzene rings is 1. The molecule has 3 heterocycles. The van der Waals surface area contributed by atoms with Gasteiger partial charge in [0.1, 0.15) is 6.54 Å². The topological polar surface area (TPSA) is 80.1 Å². The third kappa shape index (κ3) is 4.80. The lowest BCUT2D eigenvalue weighted by Gasteiger charge is -2.22. The van der Waals surface area contributed by atoms with Gasteiger partial charge in [0.05, 0.1) is 27.7 Å². The standard InChI is InChI=1S/C25H27N5O2S/c1-4-12-29(16-23(31)27-20-10-7-6-9-17(20)3)25(32)18-14-21(22-11-8-13-33-22)28-24-19(18)15-26-30(24)5-2/h6-11,13-15H,4-5,12,16H2,1-3H3,(H,27,31). The maximum Gasteiger partial charge on any atom is 0.255 e. The summed E-state index contributed by atoms with van der Waals surface area (Å²) >= 11 is 1.57. The predicted octanol–water partition coefficient (Wildman–Crippen LogP) is 4.98. The van der Waals surface area contributed by atoms with Crippen LogP contribution in [0.25, 0.3) is 21.6 Å². The van der Waals surface area contributed by atoms with Crippen molar-refractivity contribution in [2.24, 2.45) is 0 Å². The average molecular weight is 462 g/mol. The number of hydrogen-bond acceptors (Lipinski definition) is 5. The number of aryl methyl sites for hydroxylation is 2. The van der Waals surface area contributed by atoms with Crippen molar-refractivity contribution >= 4 is 39.9 Å². The molecule has 0 unspecified atom stereocenters. The van der Waals surface area contributed by atoms with E-state index in [1.165, 1.54) is 0 Å². The molecule has 3 aromatic heterocycles.